The maximum atomic E-state index is 11.9. The molecule has 0 fully saturated rings. The number of nitro groups is 1. The van der Waals surface area contributed by atoms with E-state index < -0.39 is 10.9 Å². The molecule has 2 aromatic rings. The Morgan fingerprint density at radius 2 is 1.90 bits per heavy atom. The van der Waals surface area contributed by atoms with E-state index in [4.69, 9.17) is 4.74 Å². The van der Waals surface area contributed by atoms with E-state index in [1.54, 1.807) is 6.07 Å². The lowest BCUT2D eigenvalue weighted by Gasteiger charge is -2.06. The molecule has 0 aliphatic rings. The lowest BCUT2D eigenvalue weighted by atomic mass is 10.1. The Hall–Kier alpha value is -2.21. The number of benzene rings is 2. The third-order valence-electron chi connectivity index (χ3n) is 2.87. The SMILES string of the molecule is O=C(OCc1ccccc1)c1ccc(CBr)c([N+](=O)[O-])c1. The lowest BCUT2D eigenvalue weighted by molar-refractivity contribution is -0.385. The number of nitro benzene ring substituents is 1. The summed E-state index contributed by atoms with van der Waals surface area (Å²) >= 11 is 3.18. The number of carbonyl (C=O) groups is 1. The third-order valence-corrected chi connectivity index (χ3v) is 3.48. The zero-order valence-electron chi connectivity index (χ0n) is 11.0. The average Bonchev–Trinajstić information content (AvgIpc) is 2.52. The van der Waals surface area contributed by atoms with E-state index >= 15 is 0 Å². The van der Waals surface area contributed by atoms with Gasteiger partial charge in [-0.05, 0) is 11.6 Å². The van der Waals surface area contributed by atoms with E-state index in [-0.39, 0.29) is 17.9 Å². The lowest BCUT2D eigenvalue weighted by Crippen LogP contribution is -2.06. The smallest absolute Gasteiger partial charge is 0.338 e. The summed E-state index contributed by atoms with van der Waals surface area (Å²) in [5.74, 6) is -0.580. The number of nitrogens with zero attached hydrogens (tertiary/aromatic N) is 1. The summed E-state index contributed by atoms with van der Waals surface area (Å²) in [4.78, 5) is 22.4. The number of alkyl halides is 1. The normalized spacial score (nSPS) is 10.1. The Bertz CT molecular complexity index is 658. The first-order valence-corrected chi connectivity index (χ1v) is 7.28. The second-order valence-electron chi connectivity index (χ2n) is 4.30. The Kier molecular flexibility index (Phi) is 5.05. The molecule has 0 saturated heterocycles. The summed E-state index contributed by atoms with van der Waals surface area (Å²) in [6.07, 6.45) is 0. The highest BCUT2D eigenvalue weighted by atomic mass is 79.9. The second kappa shape index (κ2) is 6.99. The van der Waals surface area contributed by atoms with Crippen molar-refractivity contribution in [2.75, 3.05) is 0 Å². The summed E-state index contributed by atoms with van der Waals surface area (Å²) in [5, 5.41) is 11.3. The number of rotatable bonds is 5. The highest BCUT2D eigenvalue weighted by Gasteiger charge is 2.17. The molecule has 0 aliphatic heterocycles. The van der Waals surface area contributed by atoms with Gasteiger partial charge in [0.15, 0.2) is 0 Å². The van der Waals surface area contributed by atoms with Gasteiger partial charge in [-0.1, -0.05) is 52.3 Å². The largest absolute Gasteiger partial charge is 0.457 e. The standard InChI is InChI=1S/C15H12BrNO4/c16-9-13-7-6-12(8-14(13)17(19)20)15(18)21-10-11-4-2-1-3-5-11/h1-8H,9-10H2. The van der Waals surface area contributed by atoms with Gasteiger partial charge in [-0.15, -0.1) is 0 Å². The number of hydrogen-bond acceptors (Lipinski definition) is 4. The molecule has 0 radical (unpaired) electrons. The predicted molar refractivity (Wildman–Crippen MR) is 81.3 cm³/mol. The van der Waals surface area contributed by atoms with Crippen LogP contribution in [0.15, 0.2) is 48.5 Å². The highest BCUT2D eigenvalue weighted by molar-refractivity contribution is 9.08. The van der Waals surface area contributed by atoms with Crippen LogP contribution in [0.1, 0.15) is 21.5 Å². The summed E-state index contributed by atoms with van der Waals surface area (Å²) in [5.41, 5.74) is 1.44. The Morgan fingerprint density at radius 3 is 2.52 bits per heavy atom. The molecule has 0 unspecified atom stereocenters. The van der Waals surface area contributed by atoms with Crippen molar-refractivity contribution in [1.29, 1.82) is 0 Å². The minimum atomic E-state index is -0.580. The van der Waals surface area contributed by atoms with Crippen LogP contribution in [0.5, 0.6) is 0 Å². The molecule has 21 heavy (non-hydrogen) atoms. The fourth-order valence-corrected chi connectivity index (χ4v) is 2.25. The van der Waals surface area contributed by atoms with Crippen molar-refractivity contribution in [3.05, 3.63) is 75.3 Å². The molecule has 108 valence electrons. The molecule has 0 bridgehead atoms. The van der Waals surface area contributed by atoms with Crippen LogP contribution in [-0.4, -0.2) is 10.9 Å². The summed E-state index contributed by atoms with van der Waals surface area (Å²) < 4.78 is 5.15. The maximum Gasteiger partial charge on any atom is 0.338 e. The van der Waals surface area contributed by atoms with Crippen molar-refractivity contribution in [2.45, 2.75) is 11.9 Å². The van der Waals surface area contributed by atoms with Gasteiger partial charge in [-0.3, -0.25) is 10.1 Å². The van der Waals surface area contributed by atoms with Gasteiger partial charge < -0.3 is 4.74 Å². The zero-order valence-corrected chi connectivity index (χ0v) is 12.6. The molecule has 0 spiro atoms. The molecule has 0 aliphatic carbocycles. The van der Waals surface area contributed by atoms with E-state index in [2.05, 4.69) is 15.9 Å². The Balaban J connectivity index is 2.12. The van der Waals surface area contributed by atoms with Gasteiger partial charge in [0.2, 0.25) is 0 Å². The Labute approximate surface area is 129 Å². The zero-order chi connectivity index (χ0) is 15.2. The van der Waals surface area contributed by atoms with Gasteiger partial charge in [0.25, 0.3) is 5.69 Å². The minimum Gasteiger partial charge on any atom is -0.457 e. The molecule has 0 atom stereocenters. The van der Waals surface area contributed by atoms with E-state index in [0.29, 0.717) is 10.9 Å². The van der Waals surface area contributed by atoms with E-state index in [9.17, 15) is 14.9 Å². The first-order valence-electron chi connectivity index (χ1n) is 6.16. The highest BCUT2D eigenvalue weighted by Crippen LogP contribution is 2.23. The van der Waals surface area contributed by atoms with Crippen molar-refractivity contribution in [1.82, 2.24) is 0 Å². The van der Waals surface area contributed by atoms with Gasteiger partial charge in [0.1, 0.15) is 6.61 Å². The molecular weight excluding hydrogens is 338 g/mol. The van der Waals surface area contributed by atoms with Crippen LogP contribution in [0.4, 0.5) is 5.69 Å². The van der Waals surface area contributed by atoms with Crippen molar-refractivity contribution >= 4 is 27.6 Å². The quantitative estimate of drug-likeness (QED) is 0.356. The molecule has 2 aromatic carbocycles. The summed E-state index contributed by atoms with van der Waals surface area (Å²) in [7, 11) is 0. The molecule has 0 N–H and O–H groups in total. The average molecular weight is 350 g/mol. The van der Waals surface area contributed by atoms with Crippen molar-refractivity contribution in [3.8, 4) is 0 Å². The van der Waals surface area contributed by atoms with Crippen LogP contribution in [0.3, 0.4) is 0 Å². The van der Waals surface area contributed by atoms with Crippen molar-refractivity contribution < 1.29 is 14.5 Å². The number of halogens is 1. The first-order chi connectivity index (χ1) is 10.1. The maximum absolute atomic E-state index is 11.9. The topological polar surface area (TPSA) is 69.4 Å². The van der Waals surface area contributed by atoms with Gasteiger partial charge >= 0.3 is 5.97 Å². The van der Waals surface area contributed by atoms with Crippen molar-refractivity contribution in [2.24, 2.45) is 0 Å². The molecule has 0 saturated carbocycles. The van der Waals surface area contributed by atoms with Gasteiger partial charge in [-0.2, -0.15) is 0 Å². The van der Waals surface area contributed by atoms with E-state index in [1.807, 2.05) is 30.3 Å². The monoisotopic (exact) mass is 349 g/mol. The fourth-order valence-electron chi connectivity index (χ4n) is 1.78. The van der Waals surface area contributed by atoms with Crippen LogP contribution in [0, 0.1) is 10.1 Å². The predicted octanol–water partition coefficient (Wildman–Crippen LogP) is 3.85. The number of ether oxygens (including phenoxy) is 1. The summed E-state index contributed by atoms with van der Waals surface area (Å²) in [6.45, 7) is 0.133. The van der Waals surface area contributed by atoms with Crippen molar-refractivity contribution in [3.63, 3.8) is 0 Å². The van der Waals surface area contributed by atoms with Gasteiger partial charge in [0, 0.05) is 17.0 Å². The van der Waals surface area contributed by atoms with Gasteiger partial charge in [0.05, 0.1) is 10.5 Å². The molecule has 0 heterocycles. The number of esters is 1. The second-order valence-corrected chi connectivity index (χ2v) is 4.86. The third kappa shape index (κ3) is 3.88. The van der Waals surface area contributed by atoms with Crippen LogP contribution in [0.2, 0.25) is 0 Å². The molecular formula is C15H12BrNO4. The molecule has 5 nitrogen and oxygen atoms in total. The summed E-state index contributed by atoms with van der Waals surface area (Å²) in [6, 6.07) is 13.5. The minimum absolute atomic E-state index is 0.0963. The number of hydrogen-bond donors (Lipinski definition) is 0. The van der Waals surface area contributed by atoms with Crippen LogP contribution in [-0.2, 0) is 16.7 Å². The Morgan fingerprint density at radius 1 is 1.19 bits per heavy atom. The molecule has 0 aromatic heterocycles. The molecule has 0 amide bonds. The molecule has 6 heteroatoms. The van der Waals surface area contributed by atoms with Gasteiger partial charge in [-0.25, -0.2) is 4.79 Å². The molecule has 2 rings (SSSR count). The van der Waals surface area contributed by atoms with Crippen LogP contribution >= 0.6 is 15.9 Å². The van der Waals surface area contributed by atoms with Crippen LogP contribution < -0.4 is 0 Å². The first kappa shape index (κ1) is 15.2. The fraction of sp³-hybridized carbons (Fsp3) is 0.133. The van der Waals surface area contributed by atoms with E-state index in [0.717, 1.165) is 5.56 Å². The van der Waals surface area contributed by atoms with E-state index in [1.165, 1.54) is 12.1 Å². The number of carbonyl (C=O) groups excluding carboxylic acids is 1. The van der Waals surface area contributed by atoms with Crippen LogP contribution in [0.25, 0.3) is 0 Å².